The predicted octanol–water partition coefficient (Wildman–Crippen LogP) is 2.95. The molecule has 0 aliphatic heterocycles. The summed E-state index contributed by atoms with van der Waals surface area (Å²) < 4.78 is 7.89. The summed E-state index contributed by atoms with van der Waals surface area (Å²) in [5.74, 6) is 1.40. The molecular weight excluding hydrogens is 284 g/mol. The van der Waals surface area contributed by atoms with Crippen molar-refractivity contribution in [3.63, 3.8) is 0 Å². The lowest BCUT2D eigenvalue weighted by atomic mass is 10.2. The van der Waals surface area contributed by atoms with Crippen LogP contribution in [-0.4, -0.2) is 21.3 Å². The molecule has 1 aromatic heterocycles. The second-order valence-corrected chi connectivity index (χ2v) is 4.45. The van der Waals surface area contributed by atoms with Gasteiger partial charge in [0.25, 0.3) is 0 Å². The number of halogens is 1. The number of nitrogens with zero attached hydrogens (tertiary/aromatic N) is 2. The van der Waals surface area contributed by atoms with Gasteiger partial charge in [-0.25, -0.2) is 4.98 Å². The average molecular weight is 297 g/mol. The Hall–Kier alpha value is -1.49. The van der Waals surface area contributed by atoms with E-state index in [0.717, 1.165) is 11.4 Å². The first kappa shape index (κ1) is 12.0. The van der Waals surface area contributed by atoms with Gasteiger partial charge in [0.2, 0.25) is 0 Å². The van der Waals surface area contributed by atoms with Crippen LogP contribution in [0.5, 0.6) is 11.5 Å². The van der Waals surface area contributed by atoms with Crippen molar-refractivity contribution in [3.8, 4) is 22.9 Å². The fourth-order valence-electron chi connectivity index (χ4n) is 1.61. The number of aromatic hydroxyl groups is 1. The number of hydrogen-bond acceptors (Lipinski definition) is 3. The summed E-state index contributed by atoms with van der Waals surface area (Å²) >= 11 is 3.31. The number of aryl methyl sites for hydroxylation is 1. The predicted molar refractivity (Wildman–Crippen MR) is 69.2 cm³/mol. The van der Waals surface area contributed by atoms with E-state index >= 15 is 0 Å². The molecule has 0 radical (unpaired) electrons. The number of imidazole rings is 1. The van der Waals surface area contributed by atoms with Crippen LogP contribution in [-0.2, 0) is 7.05 Å². The van der Waals surface area contributed by atoms with E-state index in [1.807, 2.05) is 30.8 Å². The molecule has 2 aromatic rings. The van der Waals surface area contributed by atoms with Gasteiger partial charge in [-0.3, -0.25) is 0 Å². The number of aromatic nitrogens is 2. The molecule has 0 unspecified atom stereocenters. The number of phenols is 1. The highest BCUT2D eigenvalue weighted by atomic mass is 79.9. The second kappa shape index (κ2) is 4.79. The Labute approximate surface area is 108 Å². The van der Waals surface area contributed by atoms with Crippen LogP contribution >= 0.6 is 15.9 Å². The number of benzene rings is 1. The molecule has 0 bridgehead atoms. The number of hydrogen-bond donors (Lipinski definition) is 1. The van der Waals surface area contributed by atoms with E-state index in [4.69, 9.17) is 4.74 Å². The highest BCUT2D eigenvalue weighted by molar-refractivity contribution is 9.10. The van der Waals surface area contributed by atoms with Gasteiger partial charge in [0.05, 0.1) is 11.1 Å². The Morgan fingerprint density at radius 1 is 1.47 bits per heavy atom. The molecular formula is C12H13BrN2O2. The molecule has 4 nitrogen and oxygen atoms in total. The SMILES string of the molecule is CCOc1cc(-c2nccn2C)cc(Br)c1O. The molecule has 0 aliphatic carbocycles. The average Bonchev–Trinajstić information content (AvgIpc) is 2.71. The Balaban J connectivity index is 2.53. The van der Waals surface area contributed by atoms with E-state index < -0.39 is 0 Å². The molecule has 1 aromatic carbocycles. The zero-order valence-electron chi connectivity index (χ0n) is 9.64. The van der Waals surface area contributed by atoms with E-state index in [0.29, 0.717) is 16.8 Å². The standard InChI is InChI=1S/C12H13BrN2O2/c1-3-17-10-7-8(6-9(13)11(10)16)12-14-4-5-15(12)2/h4-7,16H,3H2,1-2H3. The highest BCUT2D eigenvalue weighted by Gasteiger charge is 2.12. The summed E-state index contributed by atoms with van der Waals surface area (Å²) in [5, 5.41) is 9.82. The molecule has 1 N–H and O–H groups in total. The maximum Gasteiger partial charge on any atom is 0.172 e. The van der Waals surface area contributed by atoms with Gasteiger partial charge < -0.3 is 14.4 Å². The number of ether oxygens (including phenoxy) is 1. The Morgan fingerprint density at radius 3 is 2.82 bits per heavy atom. The van der Waals surface area contributed by atoms with Crippen LogP contribution in [0.15, 0.2) is 29.0 Å². The molecule has 0 amide bonds. The second-order valence-electron chi connectivity index (χ2n) is 3.60. The molecule has 17 heavy (non-hydrogen) atoms. The van der Waals surface area contributed by atoms with Crippen molar-refractivity contribution in [2.75, 3.05) is 6.61 Å². The van der Waals surface area contributed by atoms with Crippen LogP contribution in [0.2, 0.25) is 0 Å². The van der Waals surface area contributed by atoms with Crippen molar-refractivity contribution < 1.29 is 9.84 Å². The molecule has 0 atom stereocenters. The van der Waals surface area contributed by atoms with E-state index in [-0.39, 0.29) is 5.75 Å². The first-order valence-electron chi connectivity index (χ1n) is 5.26. The van der Waals surface area contributed by atoms with Crippen LogP contribution < -0.4 is 4.74 Å². The lowest BCUT2D eigenvalue weighted by molar-refractivity contribution is 0.317. The van der Waals surface area contributed by atoms with Gasteiger partial charge >= 0.3 is 0 Å². The molecule has 90 valence electrons. The highest BCUT2D eigenvalue weighted by Crippen LogP contribution is 2.38. The lowest BCUT2D eigenvalue weighted by Gasteiger charge is -2.10. The molecule has 0 aliphatic rings. The third-order valence-corrected chi connectivity index (χ3v) is 3.01. The lowest BCUT2D eigenvalue weighted by Crippen LogP contribution is -1.95. The smallest absolute Gasteiger partial charge is 0.172 e. The molecule has 0 saturated heterocycles. The van der Waals surface area contributed by atoms with Crippen LogP contribution in [0.3, 0.4) is 0 Å². The van der Waals surface area contributed by atoms with E-state index in [1.165, 1.54) is 0 Å². The van der Waals surface area contributed by atoms with Crippen molar-refractivity contribution in [1.29, 1.82) is 0 Å². The largest absolute Gasteiger partial charge is 0.503 e. The molecule has 2 rings (SSSR count). The van der Waals surface area contributed by atoms with Crippen molar-refractivity contribution >= 4 is 15.9 Å². The summed E-state index contributed by atoms with van der Waals surface area (Å²) in [4.78, 5) is 4.26. The summed E-state index contributed by atoms with van der Waals surface area (Å²) in [7, 11) is 1.92. The molecule has 0 spiro atoms. The van der Waals surface area contributed by atoms with E-state index in [2.05, 4.69) is 20.9 Å². The fourth-order valence-corrected chi connectivity index (χ4v) is 2.05. The summed E-state index contributed by atoms with van der Waals surface area (Å²) in [6.07, 6.45) is 3.60. The van der Waals surface area contributed by atoms with Crippen LogP contribution in [0.25, 0.3) is 11.4 Å². The van der Waals surface area contributed by atoms with E-state index in [1.54, 1.807) is 12.3 Å². The van der Waals surface area contributed by atoms with Crippen molar-refractivity contribution in [3.05, 3.63) is 29.0 Å². The number of phenolic OH excluding ortho intramolecular Hbond substituents is 1. The summed E-state index contributed by atoms with van der Waals surface area (Å²) in [6, 6.07) is 3.60. The Kier molecular flexibility index (Phi) is 3.38. The molecule has 0 fully saturated rings. The van der Waals surface area contributed by atoms with Crippen molar-refractivity contribution in [2.24, 2.45) is 7.05 Å². The first-order chi connectivity index (χ1) is 8.13. The Bertz CT molecular complexity index is 537. The maximum atomic E-state index is 9.82. The van der Waals surface area contributed by atoms with Gasteiger partial charge in [0.15, 0.2) is 11.5 Å². The van der Waals surface area contributed by atoms with Gasteiger partial charge in [-0.05, 0) is 35.0 Å². The minimum atomic E-state index is 0.116. The third kappa shape index (κ3) is 2.29. The number of rotatable bonds is 3. The van der Waals surface area contributed by atoms with Crippen LogP contribution in [0.4, 0.5) is 0 Å². The van der Waals surface area contributed by atoms with Gasteiger partial charge in [0.1, 0.15) is 5.82 Å². The third-order valence-electron chi connectivity index (χ3n) is 2.41. The minimum absolute atomic E-state index is 0.116. The monoisotopic (exact) mass is 296 g/mol. The molecule has 1 heterocycles. The van der Waals surface area contributed by atoms with Crippen molar-refractivity contribution in [1.82, 2.24) is 9.55 Å². The first-order valence-corrected chi connectivity index (χ1v) is 6.05. The van der Waals surface area contributed by atoms with Crippen LogP contribution in [0, 0.1) is 0 Å². The van der Waals surface area contributed by atoms with Crippen molar-refractivity contribution in [2.45, 2.75) is 6.92 Å². The minimum Gasteiger partial charge on any atom is -0.503 e. The zero-order chi connectivity index (χ0) is 12.4. The quantitative estimate of drug-likeness (QED) is 0.947. The summed E-state index contributed by atoms with van der Waals surface area (Å²) in [5.41, 5.74) is 0.894. The van der Waals surface area contributed by atoms with Gasteiger partial charge in [-0.1, -0.05) is 0 Å². The van der Waals surface area contributed by atoms with Gasteiger partial charge in [0, 0.05) is 25.0 Å². The van der Waals surface area contributed by atoms with Gasteiger partial charge in [-0.2, -0.15) is 0 Å². The van der Waals surface area contributed by atoms with E-state index in [9.17, 15) is 5.11 Å². The molecule has 5 heteroatoms. The summed E-state index contributed by atoms with van der Waals surface area (Å²) in [6.45, 7) is 2.38. The molecule has 0 saturated carbocycles. The maximum absolute atomic E-state index is 9.82. The Morgan fingerprint density at radius 2 is 2.24 bits per heavy atom. The fraction of sp³-hybridized carbons (Fsp3) is 0.250. The topological polar surface area (TPSA) is 47.3 Å². The van der Waals surface area contributed by atoms with Gasteiger partial charge in [-0.15, -0.1) is 0 Å². The van der Waals surface area contributed by atoms with Crippen LogP contribution in [0.1, 0.15) is 6.92 Å². The normalized spacial score (nSPS) is 10.5. The zero-order valence-corrected chi connectivity index (χ0v) is 11.2.